The van der Waals surface area contributed by atoms with Crippen molar-refractivity contribution in [3.63, 3.8) is 0 Å². The fourth-order valence-electron chi connectivity index (χ4n) is 2.03. The van der Waals surface area contributed by atoms with Gasteiger partial charge in [0, 0.05) is 30.7 Å². The fourth-order valence-corrected chi connectivity index (χ4v) is 2.80. The summed E-state index contributed by atoms with van der Waals surface area (Å²) < 4.78 is 19.5. The molecular weight excluding hydrogens is 380 g/mol. The molecule has 1 aromatic carbocycles. The minimum absolute atomic E-state index is 0.0686. The molecule has 0 amide bonds. The summed E-state index contributed by atoms with van der Waals surface area (Å²) >= 11 is 17.5. The molecule has 2 aromatic rings. The summed E-state index contributed by atoms with van der Waals surface area (Å²) in [7, 11) is 3.46. The monoisotopic (exact) mass is 391 g/mol. The van der Waals surface area contributed by atoms with Crippen molar-refractivity contribution in [2.75, 3.05) is 19.0 Å². The van der Waals surface area contributed by atoms with Crippen LogP contribution in [0.15, 0.2) is 18.2 Å². The van der Waals surface area contributed by atoms with Gasteiger partial charge in [0.2, 0.25) is 0 Å². The SMILES string of the molecule is CC(Oc1cc(C(=O)Cl)nnc1N(C)C)c1c(Cl)ccc(F)c1Cl. The van der Waals surface area contributed by atoms with Crippen LogP contribution in [0.25, 0.3) is 0 Å². The molecule has 0 fully saturated rings. The minimum atomic E-state index is -0.771. The Labute approximate surface area is 153 Å². The van der Waals surface area contributed by atoms with E-state index in [0.717, 1.165) is 0 Å². The van der Waals surface area contributed by atoms with Gasteiger partial charge in [-0.3, -0.25) is 4.79 Å². The first kappa shape index (κ1) is 18.7. The highest BCUT2D eigenvalue weighted by Gasteiger charge is 2.22. The third kappa shape index (κ3) is 3.88. The van der Waals surface area contributed by atoms with Crippen molar-refractivity contribution in [2.45, 2.75) is 13.0 Å². The average Bonchev–Trinajstić information content (AvgIpc) is 2.51. The lowest BCUT2D eigenvalue weighted by Crippen LogP contribution is -2.16. The molecule has 2 rings (SSSR count). The highest BCUT2D eigenvalue weighted by Crippen LogP contribution is 2.36. The first-order chi connectivity index (χ1) is 11.2. The number of benzene rings is 1. The van der Waals surface area contributed by atoms with Crippen LogP contribution in [-0.4, -0.2) is 29.5 Å². The lowest BCUT2D eigenvalue weighted by molar-refractivity contribution is 0.107. The Kier molecular flexibility index (Phi) is 5.85. The van der Waals surface area contributed by atoms with E-state index in [0.29, 0.717) is 11.4 Å². The van der Waals surface area contributed by atoms with Gasteiger partial charge in [-0.15, -0.1) is 10.2 Å². The molecule has 0 radical (unpaired) electrons. The molecule has 0 aliphatic rings. The molecule has 9 heteroatoms. The number of carbonyl (C=O) groups is 1. The topological polar surface area (TPSA) is 55.3 Å². The molecule has 0 aliphatic heterocycles. The van der Waals surface area contributed by atoms with Crippen molar-refractivity contribution in [2.24, 2.45) is 0 Å². The van der Waals surface area contributed by atoms with Gasteiger partial charge in [0.25, 0.3) is 5.24 Å². The van der Waals surface area contributed by atoms with Crippen molar-refractivity contribution in [3.05, 3.63) is 45.3 Å². The number of anilines is 1. The van der Waals surface area contributed by atoms with Gasteiger partial charge in [-0.1, -0.05) is 23.2 Å². The highest BCUT2D eigenvalue weighted by atomic mass is 35.5. The summed E-state index contributed by atoms with van der Waals surface area (Å²) in [5, 5.41) is 7.00. The largest absolute Gasteiger partial charge is 0.482 e. The van der Waals surface area contributed by atoms with Crippen LogP contribution in [0.3, 0.4) is 0 Å². The van der Waals surface area contributed by atoms with E-state index in [2.05, 4.69) is 10.2 Å². The molecule has 128 valence electrons. The van der Waals surface area contributed by atoms with Crippen LogP contribution in [0.5, 0.6) is 5.75 Å². The molecule has 0 spiro atoms. The van der Waals surface area contributed by atoms with E-state index in [9.17, 15) is 9.18 Å². The lowest BCUT2D eigenvalue weighted by Gasteiger charge is -2.21. The second-order valence-electron chi connectivity index (χ2n) is 5.10. The zero-order chi connectivity index (χ0) is 18.0. The van der Waals surface area contributed by atoms with Crippen molar-refractivity contribution in [3.8, 4) is 5.75 Å². The third-order valence-electron chi connectivity index (χ3n) is 3.16. The summed E-state index contributed by atoms with van der Waals surface area (Å²) in [6, 6.07) is 3.92. The number of carbonyl (C=O) groups excluding carboxylic acids is 1. The first-order valence-corrected chi connectivity index (χ1v) is 7.90. The van der Waals surface area contributed by atoms with E-state index in [1.807, 2.05) is 0 Å². The third-order valence-corrected chi connectivity index (χ3v) is 4.06. The van der Waals surface area contributed by atoms with E-state index >= 15 is 0 Å². The maximum atomic E-state index is 13.7. The Bertz CT molecular complexity index is 787. The molecule has 5 nitrogen and oxygen atoms in total. The molecule has 1 heterocycles. The summed E-state index contributed by atoms with van der Waals surface area (Å²) in [5.41, 5.74) is 0.222. The van der Waals surface area contributed by atoms with Gasteiger partial charge < -0.3 is 9.64 Å². The van der Waals surface area contributed by atoms with Crippen LogP contribution in [0.4, 0.5) is 10.2 Å². The predicted octanol–water partition coefficient (Wildman–Crippen LogP) is 4.51. The summed E-state index contributed by atoms with van der Waals surface area (Å²) in [4.78, 5) is 12.9. The fraction of sp³-hybridized carbons (Fsp3) is 0.267. The molecule has 0 N–H and O–H groups in total. The van der Waals surface area contributed by atoms with Crippen molar-refractivity contribution < 1.29 is 13.9 Å². The van der Waals surface area contributed by atoms with Crippen LogP contribution in [0.1, 0.15) is 29.1 Å². The van der Waals surface area contributed by atoms with Gasteiger partial charge >= 0.3 is 0 Å². The molecule has 0 saturated carbocycles. The van der Waals surface area contributed by atoms with Crippen molar-refractivity contribution in [1.29, 1.82) is 0 Å². The van der Waals surface area contributed by atoms with Gasteiger partial charge in [-0.05, 0) is 30.7 Å². The maximum absolute atomic E-state index is 13.7. The molecular formula is C15H13Cl3FN3O2. The quantitative estimate of drug-likeness (QED) is 0.553. The normalized spacial score (nSPS) is 12.0. The van der Waals surface area contributed by atoms with Crippen LogP contribution < -0.4 is 9.64 Å². The van der Waals surface area contributed by atoms with E-state index in [4.69, 9.17) is 39.5 Å². The van der Waals surface area contributed by atoms with Gasteiger partial charge in [0.15, 0.2) is 11.6 Å². The van der Waals surface area contributed by atoms with Gasteiger partial charge in [0.05, 0.1) is 5.02 Å². The Morgan fingerprint density at radius 2 is 1.96 bits per heavy atom. The molecule has 1 unspecified atom stereocenters. The van der Waals surface area contributed by atoms with Crippen LogP contribution in [0, 0.1) is 5.82 Å². The molecule has 0 aliphatic carbocycles. The zero-order valence-electron chi connectivity index (χ0n) is 13.0. The Morgan fingerprint density at radius 3 is 2.54 bits per heavy atom. The van der Waals surface area contributed by atoms with Crippen LogP contribution >= 0.6 is 34.8 Å². The Morgan fingerprint density at radius 1 is 1.29 bits per heavy atom. The zero-order valence-corrected chi connectivity index (χ0v) is 15.2. The summed E-state index contributed by atoms with van der Waals surface area (Å²) in [6.07, 6.45) is -0.707. The number of hydrogen-bond donors (Lipinski definition) is 0. The Balaban J connectivity index is 2.45. The van der Waals surface area contributed by atoms with Crippen molar-refractivity contribution >= 4 is 45.9 Å². The van der Waals surface area contributed by atoms with Gasteiger partial charge in [-0.25, -0.2) is 4.39 Å². The van der Waals surface area contributed by atoms with E-state index in [-0.39, 0.29) is 21.5 Å². The van der Waals surface area contributed by atoms with Gasteiger partial charge in [-0.2, -0.15) is 0 Å². The van der Waals surface area contributed by atoms with E-state index in [1.165, 1.54) is 18.2 Å². The second-order valence-corrected chi connectivity index (χ2v) is 6.23. The van der Waals surface area contributed by atoms with E-state index < -0.39 is 17.2 Å². The minimum Gasteiger partial charge on any atom is -0.482 e. The standard InChI is InChI=1S/C15H13Cl3FN3O2/c1-7(12-8(16)4-5-9(19)13(12)17)24-11-6-10(14(18)23)20-21-15(11)22(2)3/h4-7H,1-3H3. The number of nitrogens with zero attached hydrogens (tertiary/aromatic N) is 3. The number of ether oxygens (including phenoxy) is 1. The number of rotatable bonds is 5. The smallest absolute Gasteiger partial charge is 0.272 e. The second kappa shape index (κ2) is 7.51. The van der Waals surface area contributed by atoms with Gasteiger partial charge in [0.1, 0.15) is 17.6 Å². The highest BCUT2D eigenvalue weighted by molar-refractivity contribution is 6.67. The van der Waals surface area contributed by atoms with E-state index in [1.54, 1.807) is 25.9 Å². The molecule has 1 atom stereocenters. The summed E-state index contributed by atoms with van der Waals surface area (Å²) in [5.74, 6) is -0.00103. The maximum Gasteiger partial charge on any atom is 0.272 e. The first-order valence-electron chi connectivity index (χ1n) is 6.77. The predicted molar refractivity (Wildman–Crippen MR) is 92.0 cm³/mol. The number of aromatic nitrogens is 2. The Hall–Kier alpha value is -1.63. The number of hydrogen-bond acceptors (Lipinski definition) is 5. The summed E-state index contributed by atoms with van der Waals surface area (Å²) in [6.45, 7) is 1.65. The average molecular weight is 393 g/mol. The molecule has 0 saturated heterocycles. The molecule has 24 heavy (non-hydrogen) atoms. The lowest BCUT2D eigenvalue weighted by atomic mass is 10.1. The van der Waals surface area contributed by atoms with Crippen LogP contribution in [0.2, 0.25) is 10.0 Å². The molecule has 1 aromatic heterocycles. The molecule has 0 bridgehead atoms. The van der Waals surface area contributed by atoms with Crippen molar-refractivity contribution in [1.82, 2.24) is 10.2 Å². The number of halogens is 4. The van der Waals surface area contributed by atoms with Crippen LogP contribution in [-0.2, 0) is 0 Å².